The molecule has 0 saturated heterocycles. The Morgan fingerprint density at radius 3 is 2.30 bits per heavy atom. The fraction of sp³-hybridized carbons (Fsp3) is 0.263. The maximum Gasteiger partial charge on any atom is 0.0481 e. The second kappa shape index (κ2) is 4.82. The van der Waals surface area contributed by atoms with E-state index in [4.69, 9.17) is 0 Å². The van der Waals surface area contributed by atoms with E-state index in [9.17, 15) is 0 Å². The maximum atomic E-state index is 2.30. The first kappa shape index (κ1) is 13.0. The van der Waals surface area contributed by atoms with Gasteiger partial charge < -0.3 is 4.90 Å². The Morgan fingerprint density at radius 2 is 1.60 bits per heavy atom. The first-order valence-corrected chi connectivity index (χ1v) is 7.17. The predicted molar refractivity (Wildman–Crippen MR) is 86.8 cm³/mol. The largest absolute Gasteiger partial charge is 0.344 e. The Balaban J connectivity index is 1.85. The Kier molecular flexibility index (Phi) is 3.13. The molecule has 0 N–H and O–H groups in total. The number of benzene rings is 2. The van der Waals surface area contributed by atoms with Crippen molar-refractivity contribution in [2.45, 2.75) is 32.7 Å². The van der Waals surface area contributed by atoms with E-state index in [1.165, 1.54) is 22.4 Å². The minimum absolute atomic E-state index is 0.211. The van der Waals surface area contributed by atoms with Crippen LogP contribution in [0.2, 0.25) is 0 Å². The Labute approximate surface area is 121 Å². The smallest absolute Gasteiger partial charge is 0.0481 e. The average molecular weight is 263 g/mol. The second-order valence-electron chi connectivity index (χ2n) is 6.44. The molecular weight excluding hydrogens is 242 g/mol. The molecule has 2 aromatic carbocycles. The van der Waals surface area contributed by atoms with Crippen LogP contribution < -0.4 is 4.90 Å². The Bertz CT molecular complexity index is 630. The number of hydrogen-bond donors (Lipinski definition) is 0. The lowest BCUT2D eigenvalue weighted by Crippen LogP contribution is -2.19. The van der Waals surface area contributed by atoms with Crippen LogP contribution >= 0.6 is 0 Å². The van der Waals surface area contributed by atoms with E-state index in [2.05, 4.69) is 86.5 Å². The summed E-state index contributed by atoms with van der Waals surface area (Å²) in [6.45, 7) is 7.69. The van der Waals surface area contributed by atoms with Crippen LogP contribution in [0.3, 0.4) is 0 Å². The van der Waals surface area contributed by atoms with Crippen molar-refractivity contribution in [3.05, 3.63) is 71.4 Å². The van der Waals surface area contributed by atoms with E-state index in [0.29, 0.717) is 0 Å². The van der Waals surface area contributed by atoms with E-state index in [-0.39, 0.29) is 5.41 Å². The number of hydrogen-bond acceptors (Lipinski definition) is 1. The molecule has 20 heavy (non-hydrogen) atoms. The van der Waals surface area contributed by atoms with Crippen molar-refractivity contribution in [2.75, 3.05) is 4.90 Å². The monoisotopic (exact) mass is 263 g/mol. The third kappa shape index (κ3) is 2.49. The van der Waals surface area contributed by atoms with Crippen LogP contribution in [0.4, 0.5) is 5.69 Å². The Morgan fingerprint density at radius 1 is 0.900 bits per heavy atom. The zero-order chi connectivity index (χ0) is 14.2. The summed E-state index contributed by atoms with van der Waals surface area (Å²) in [4.78, 5) is 2.30. The summed E-state index contributed by atoms with van der Waals surface area (Å²) in [6.07, 6.45) is 4.37. The van der Waals surface area contributed by atoms with Crippen LogP contribution in [0.5, 0.6) is 0 Å². The van der Waals surface area contributed by atoms with Crippen molar-refractivity contribution in [3.8, 4) is 0 Å². The molecule has 1 nitrogen and oxygen atoms in total. The molecule has 0 spiro atoms. The molecule has 1 heteroatoms. The summed E-state index contributed by atoms with van der Waals surface area (Å²) >= 11 is 0. The van der Waals surface area contributed by atoms with E-state index in [1.54, 1.807) is 0 Å². The van der Waals surface area contributed by atoms with Crippen molar-refractivity contribution < 1.29 is 0 Å². The molecule has 102 valence electrons. The van der Waals surface area contributed by atoms with Gasteiger partial charge >= 0.3 is 0 Å². The van der Waals surface area contributed by atoms with Gasteiger partial charge in [0.05, 0.1) is 0 Å². The molecule has 1 heterocycles. The fourth-order valence-electron chi connectivity index (χ4n) is 2.58. The van der Waals surface area contributed by atoms with Gasteiger partial charge in [-0.15, -0.1) is 0 Å². The normalized spacial score (nSPS) is 14.2. The van der Waals surface area contributed by atoms with E-state index in [1.807, 2.05) is 0 Å². The summed E-state index contributed by atoms with van der Waals surface area (Å²) in [7, 11) is 0. The number of fused-ring (bicyclic) bond motifs is 1. The van der Waals surface area contributed by atoms with Crippen molar-refractivity contribution in [1.82, 2.24) is 0 Å². The van der Waals surface area contributed by atoms with Crippen molar-refractivity contribution >= 4 is 11.8 Å². The van der Waals surface area contributed by atoms with Gasteiger partial charge in [-0.1, -0.05) is 57.2 Å². The second-order valence-corrected chi connectivity index (χ2v) is 6.44. The number of nitrogens with zero attached hydrogens (tertiary/aromatic N) is 1. The lowest BCUT2D eigenvalue weighted by molar-refractivity contribution is 0.590. The molecular formula is C19H21N. The summed E-state index contributed by atoms with van der Waals surface area (Å²) in [6, 6.07) is 17.5. The minimum Gasteiger partial charge on any atom is -0.344 e. The molecule has 1 aliphatic rings. The third-order valence-corrected chi connectivity index (χ3v) is 3.89. The quantitative estimate of drug-likeness (QED) is 0.701. The standard InChI is InChI=1S/C19H21N/c1-19(2,3)17-8-10-18(11-9-17)20-13-12-15-6-4-5-7-16(15)14-20/h4-13H,14H2,1-3H3. The molecule has 0 fully saturated rings. The first-order chi connectivity index (χ1) is 9.54. The topological polar surface area (TPSA) is 3.24 Å². The van der Waals surface area contributed by atoms with E-state index < -0.39 is 0 Å². The highest BCUT2D eigenvalue weighted by molar-refractivity contribution is 5.64. The summed E-state index contributed by atoms with van der Waals surface area (Å²) in [5.41, 5.74) is 5.56. The molecule has 0 aliphatic carbocycles. The highest BCUT2D eigenvalue weighted by Crippen LogP contribution is 2.28. The summed E-state index contributed by atoms with van der Waals surface area (Å²) in [5, 5.41) is 0. The van der Waals surface area contributed by atoms with Gasteiger partial charge in [-0.2, -0.15) is 0 Å². The van der Waals surface area contributed by atoms with Crippen molar-refractivity contribution in [1.29, 1.82) is 0 Å². The van der Waals surface area contributed by atoms with Crippen molar-refractivity contribution in [2.24, 2.45) is 0 Å². The van der Waals surface area contributed by atoms with Crippen LogP contribution in [0.25, 0.3) is 6.08 Å². The first-order valence-electron chi connectivity index (χ1n) is 7.17. The highest BCUT2D eigenvalue weighted by Gasteiger charge is 2.15. The molecule has 0 radical (unpaired) electrons. The summed E-state index contributed by atoms with van der Waals surface area (Å²) < 4.78 is 0. The number of anilines is 1. The highest BCUT2D eigenvalue weighted by atomic mass is 15.1. The molecule has 0 saturated carbocycles. The van der Waals surface area contributed by atoms with Crippen LogP contribution in [0.15, 0.2) is 54.7 Å². The molecule has 0 aromatic heterocycles. The van der Waals surface area contributed by atoms with Gasteiger partial charge in [0.25, 0.3) is 0 Å². The molecule has 0 unspecified atom stereocenters. The third-order valence-electron chi connectivity index (χ3n) is 3.89. The fourth-order valence-corrected chi connectivity index (χ4v) is 2.58. The van der Waals surface area contributed by atoms with Crippen LogP contribution in [0.1, 0.15) is 37.5 Å². The van der Waals surface area contributed by atoms with Gasteiger partial charge in [0.15, 0.2) is 0 Å². The zero-order valence-electron chi connectivity index (χ0n) is 12.4. The van der Waals surface area contributed by atoms with E-state index in [0.717, 1.165) is 6.54 Å². The van der Waals surface area contributed by atoms with Gasteiger partial charge in [0.2, 0.25) is 0 Å². The molecule has 0 atom stereocenters. The van der Waals surface area contributed by atoms with Crippen LogP contribution in [-0.2, 0) is 12.0 Å². The van der Waals surface area contributed by atoms with Gasteiger partial charge in [0.1, 0.15) is 0 Å². The number of rotatable bonds is 1. The van der Waals surface area contributed by atoms with Gasteiger partial charge in [-0.3, -0.25) is 0 Å². The maximum absolute atomic E-state index is 2.30. The Hall–Kier alpha value is -2.02. The van der Waals surface area contributed by atoms with Crippen molar-refractivity contribution in [3.63, 3.8) is 0 Å². The van der Waals surface area contributed by atoms with Crippen LogP contribution in [0, 0.1) is 0 Å². The molecule has 0 bridgehead atoms. The SMILES string of the molecule is CC(C)(C)c1ccc(N2C=Cc3ccccc3C2)cc1. The lowest BCUT2D eigenvalue weighted by Gasteiger charge is -2.26. The van der Waals surface area contributed by atoms with Gasteiger partial charge in [-0.05, 0) is 40.3 Å². The van der Waals surface area contributed by atoms with E-state index >= 15 is 0 Å². The average Bonchev–Trinajstić information content (AvgIpc) is 2.46. The molecule has 0 amide bonds. The van der Waals surface area contributed by atoms with Gasteiger partial charge in [-0.25, -0.2) is 0 Å². The van der Waals surface area contributed by atoms with Crippen LogP contribution in [-0.4, -0.2) is 0 Å². The zero-order valence-corrected chi connectivity index (χ0v) is 12.4. The van der Waals surface area contributed by atoms with Gasteiger partial charge in [0, 0.05) is 18.4 Å². The lowest BCUT2D eigenvalue weighted by atomic mass is 9.87. The minimum atomic E-state index is 0.211. The molecule has 1 aliphatic heterocycles. The predicted octanol–water partition coefficient (Wildman–Crippen LogP) is 4.98. The summed E-state index contributed by atoms with van der Waals surface area (Å²) in [5.74, 6) is 0. The molecule has 3 rings (SSSR count). The molecule has 2 aromatic rings.